The van der Waals surface area contributed by atoms with Gasteiger partial charge in [-0.3, -0.25) is 4.79 Å². The minimum absolute atomic E-state index is 0.0809. The summed E-state index contributed by atoms with van der Waals surface area (Å²) in [7, 11) is 3.98. The zero-order valence-electron chi connectivity index (χ0n) is 14.9. The number of nitrogens with zero attached hydrogens (tertiary/aromatic N) is 3. The molecule has 25 heavy (non-hydrogen) atoms. The van der Waals surface area contributed by atoms with Crippen molar-refractivity contribution in [1.29, 1.82) is 0 Å². The summed E-state index contributed by atoms with van der Waals surface area (Å²) < 4.78 is 5.87. The second kappa shape index (κ2) is 8.12. The Morgan fingerprint density at radius 1 is 1.28 bits per heavy atom. The van der Waals surface area contributed by atoms with Crippen LogP contribution in [0.5, 0.6) is 0 Å². The van der Waals surface area contributed by atoms with Crippen LogP contribution in [0.4, 0.5) is 5.82 Å². The Hall–Kier alpha value is -2.40. The smallest absolute Gasteiger partial charge is 0.254 e. The third-order valence-electron chi connectivity index (χ3n) is 4.47. The van der Waals surface area contributed by atoms with E-state index in [2.05, 4.69) is 11.1 Å². The number of carbonyl (C=O) groups excluding carboxylic acids is 1. The van der Waals surface area contributed by atoms with E-state index in [9.17, 15) is 4.79 Å². The maximum Gasteiger partial charge on any atom is 0.254 e. The Bertz CT molecular complexity index is 703. The van der Waals surface area contributed by atoms with E-state index in [1.165, 1.54) is 5.56 Å². The van der Waals surface area contributed by atoms with Crippen LogP contribution in [0.1, 0.15) is 22.3 Å². The molecule has 1 unspecified atom stereocenters. The van der Waals surface area contributed by atoms with E-state index in [0.717, 1.165) is 24.2 Å². The summed E-state index contributed by atoms with van der Waals surface area (Å²) in [5, 5.41) is 0. The molecule has 1 fully saturated rings. The second-order valence-corrected chi connectivity index (χ2v) is 6.57. The van der Waals surface area contributed by atoms with Crippen LogP contribution < -0.4 is 4.90 Å². The Balaban J connectivity index is 1.57. The molecule has 5 heteroatoms. The Kier molecular flexibility index (Phi) is 5.66. The van der Waals surface area contributed by atoms with Crippen molar-refractivity contribution in [2.24, 2.45) is 0 Å². The average Bonchev–Trinajstić information content (AvgIpc) is 2.67. The molecule has 3 rings (SSSR count). The lowest BCUT2D eigenvalue weighted by Crippen LogP contribution is -2.45. The van der Waals surface area contributed by atoms with Crippen molar-refractivity contribution in [2.75, 3.05) is 38.7 Å². The van der Waals surface area contributed by atoms with Gasteiger partial charge in [0.25, 0.3) is 5.91 Å². The molecule has 1 aromatic heterocycles. The number of hydrogen-bond donors (Lipinski definition) is 0. The van der Waals surface area contributed by atoms with Crippen LogP contribution in [0.2, 0.25) is 0 Å². The molecule has 0 bridgehead atoms. The topological polar surface area (TPSA) is 45.7 Å². The van der Waals surface area contributed by atoms with Crippen molar-refractivity contribution in [1.82, 2.24) is 9.88 Å². The molecule has 1 atom stereocenters. The van der Waals surface area contributed by atoms with Gasteiger partial charge < -0.3 is 14.5 Å². The van der Waals surface area contributed by atoms with Crippen molar-refractivity contribution >= 4 is 11.7 Å². The van der Waals surface area contributed by atoms with Crippen molar-refractivity contribution in [3.05, 3.63) is 59.8 Å². The fourth-order valence-corrected chi connectivity index (χ4v) is 3.03. The number of rotatable bonds is 5. The van der Waals surface area contributed by atoms with Crippen LogP contribution in [-0.2, 0) is 11.2 Å². The van der Waals surface area contributed by atoms with E-state index in [0.29, 0.717) is 19.7 Å². The first-order chi connectivity index (χ1) is 12.1. The number of hydrogen-bond acceptors (Lipinski definition) is 4. The molecule has 2 heterocycles. The molecule has 1 aromatic carbocycles. The molecule has 5 nitrogen and oxygen atoms in total. The average molecular weight is 339 g/mol. The van der Waals surface area contributed by atoms with Gasteiger partial charge in [-0.25, -0.2) is 4.98 Å². The molecule has 132 valence electrons. The summed E-state index contributed by atoms with van der Waals surface area (Å²) >= 11 is 0. The summed E-state index contributed by atoms with van der Waals surface area (Å²) in [6.07, 6.45) is 3.74. The number of morpholine rings is 1. The first-order valence-corrected chi connectivity index (χ1v) is 8.71. The van der Waals surface area contributed by atoms with Crippen molar-refractivity contribution in [3.63, 3.8) is 0 Å². The van der Waals surface area contributed by atoms with Gasteiger partial charge in [0.05, 0.1) is 12.7 Å². The highest BCUT2D eigenvalue weighted by Crippen LogP contribution is 2.17. The van der Waals surface area contributed by atoms with Crippen LogP contribution in [0, 0.1) is 0 Å². The Morgan fingerprint density at radius 3 is 2.84 bits per heavy atom. The van der Waals surface area contributed by atoms with Gasteiger partial charge in [-0.05, 0) is 42.7 Å². The maximum atomic E-state index is 12.6. The summed E-state index contributed by atoms with van der Waals surface area (Å²) in [5.74, 6) is 1.05. The molecule has 0 N–H and O–H groups in total. The molecule has 0 saturated carbocycles. The van der Waals surface area contributed by atoms with Gasteiger partial charge in [0.2, 0.25) is 0 Å². The molecule has 1 aliphatic heterocycles. The monoisotopic (exact) mass is 339 g/mol. The van der Waals surface area contributed by atoms with E-state index >= 15 is 0 Å². The van der Waals surface area contributed by atoms with Gasteiger partial charge in [-0.15, -0.1) is 0 Å². The summed E-state index contributed by atoms with van der Waals surface area (Å²) in [4.78, 5) is 20.8. The lowest BCUT2D eigenvalue weighted by Gasteiger charge is -2.33. The van der Waals surface area contributed by atoms with Crippen LogP contribution in [0.3, 0.4) is 0 Å². The maximum absolute atomic E-state index is 12.6. The quantitative estimate of drug-likeness (QED) is 0.840. The van der Waals surface area contributed by atoms with Crippen LogP contribution in [0.25, 0.3) is 0 Å². The first-order valence-electron chi connectivity index (χ1n) is 8.71. The number of aryl methyl sites for hydroxylation is 1. The first kappa shape index (κ1) is 17.4. The molecule has 2 aromatic rings. The zero-order chi connectivity index (χ0) is 17.6. The summed E-state index contributed by atoms with van der Waals surface area (Å²) in [6.45, 7) is 1.91. The van der Waals surface area contributed by atoms with Crippen LogP contribution in [-0.4, -0.2) is 55.7 Å². The van der Waals surface area contributed by atoms with Gasteiger partial charge in [0.1, 0.15) is 5.82 Å². The normalized spacial score (nSPS) is 17.4. The van der Waals surface area contributed by atoms with Gasteiger partial charge >= 0.3 is 0 Å². The molecule has 0 aliphatic carbocycles. The highest BCUT2D eigenvalue weighted by atomic mass is 16.5. The van der Waals surface area contributed by atoms with Crippen LogP contribution in [0.15, 0.2) is 48.7 Å². The van der Waals surface area contributed by atoms with E-state index in [1.807, 2.05) is 66.5 Å². The predicted molar refractivity (Wildman–Crippen MR) is 99.0 cm³/mol. The number of pyridine rings is 1. The van der Waals surface area contributed by atoms with Gasteiger partial charge in [-0.2, -0.15) is 0 Å². The number of aromatic nitrogens is 1. The minimum Gasteiger partial charge on any atom is -0.375 e. The molecule has 1 saturated heterocycles. The highest BCUT2D eigenvalue weighted by molar-refractivity contribution is 5.94. The standard InChI is InChI=1S/C20H25N3O2/c1-22(2)19-14-16(10-11-21-19)8-9-18-15-23(12-13-25-18)20(24)17-6-4-3-5-7-17/h3-7,10-11,14,18H,8-9,12-13,15H2,1-2H3. The van der Waals surface area contributed by atoms with E-state index in [1.54, 1.807) is 0 Å². The largest absolute Gasteiger partial charge is 0.375 e. The lowest BCUT2D eigenvalue weighted by molar-refractivity contribution is -0.0246. The number of amides is 1. The van der Waals surface area contributed by atoms with Gasteiger partial charge in [0, 0.05) is 38.9 Å². The number of ether oxygens (including phenoxy) is 1. The third-order valence-corrected chi connectivity index (χ3v) is 4.47. The van der Waals surface area contributed by atoms with E-state index in [-0.39, 0.29) is 12.0 Å². The number of benzene rings is 1. The minimum atomic E-state index is 0.0809. The summed E-state index contributed by atoms with van der Waals surface area (Å²) in [6, 6.07) is 13.6. The van der Waals surface area contributed by atoms with E-state index < -0.39 is 0 Å². The molecule has 0 spiro atoms. The molecule has 1 aliphatic rings. The molecular formula is C20H25N3O2. The van der Waals surface area contributed by atoms with Crippen molar-refractivity contribution < 1.29 is 9.53 Å². The highest BCUT2D eigenvalue weighted by Gasteiger charge is 2.24. The molecule has 0 radical (unpaired) electrons. The number of carbonyl (C=O) groups is 1. The molecule has 1 amide bonds. The van der Waals surface area contributed by atoms with Gasteiger partial charge in [-0.1, -0.05) is 18.2 Å². The SMILES string of the molecule is CN(C)c1cc(CCC2CN(C(=O)c3ccccc3)CCO2)ccn1. The second-order valence-electron chi connectivity index (χ2n) is 6.57. The Labute approximate surface area is 149 Å². The van der Waals surface area contributed by atoms with Crippen LogP contribution >= 0.6 is 0 Å². The fraction of sp³-hybridized carbons (Fsp3) is 0.400. The zero-order valence-corrected chi connectivity index (χ0v) is 14.9. The molecular weight excluding hydrogens is 314 g/mol. The number of anilines is 1. The van der Waals surface area contributed by atoms with Crippen molar-refractivity contribution in [3.8, 4) is 0 Å². The third kappa shape index (κ3) is 4.57. The van der Waals surface area contributed by atoms with Crippen molar-refractivity contribution in [2.45, 2.75) is 18.9 Å². The summed E-state index contributed by atoms with van der Waals surface area (Å²) in [5.41, 5.74) is 1.99. The lowest BCUT2D eigenvalue weighted by atomic mass is 10.1. The van der Waals surface area contributed by atoms with Gasteiger partial charge in [0.15, 0.2) is 0 Å². The Morgan fingerprint density at radius 2 is 2.08 bits per heavy atom. The van der Waals surface area contributed by atoms with E-state index in [4.69, 9.17) is 4.74 Å². The fourth-order valence-electron chi connectivity index (χ4n) is 3.03. The predicted octanol–water partition coefficient (Wildman–Crippen LogP) is 2.62.